The second-order valence-corrected chi connectivity index (χ2v) is 4.69. The van der Waals surface area contributed by atoms with Crippen molar-refractivity contribution >= 4 is 5.91 Å². The van der Waals surface area contributed by atoms with Gasteiger partial charge in [0.05, 0.1) is 0 Å². The third-order valence-electron chi connectivity index (χ3n) is 1.99. The predicted octanol–water partition coefficient (Wildman–Crippen LogP) is 1.97. The standard InChI is InChI=1S/C10H22N2O/c1-10(2,3)8-6-4-5-7-9(13)12-11/h4-8,11H2,1-3H3,(H,12,13). The lowest BCUT2D eigenvalue weighted by Crippen LogP contribution is -2.29. The number of hydrogen-bond donors (Lipinski definition) is 2. The van der Waals surface area contributed by atoms with Crippen LogP contribution in [0.4, 0.5) is 0 Å². The number of carbonyl (C=O) groups excluding carboxylic acids is 1. The number of nitrogens with two attached hydrogens (primary N) is 1. The normalized spacial score (nSPS) is 11.4. The van der Waals surface area contributed by atoms with Gasteiger partial charge in [-0.2, -0.15) is 0 Å². The largest absolute Gasteiger partial charge is 0.294 e. The van der Waals surface area contributed by atoms with Crippen molar-refractivity contribution in [2.75, 3.05) is 0 Å². The average Bonchev–Trinajstić information content (AvgIpc) is 2.01. The lowest BCUT2D eigenvalue weighted by Gasteiger charge is -2.17. The predicted molar refractivity (Wildman–Crippen MR) is 54.9 cm³/mol. The molecule has 1 amide bonds. The molecule has 13 heavy (non-hydrogen) atoms. The lowest BCUT2D eigenvalue weighted by molar-refractivity contribution is -0.121. The van der Waals surface area contributed by atoms with Gasteiger partial charge in [-0.05, 0) is 18.3 Å². The molecule has 0 fully saturated rings. The molecule has 0 bridgehead atoms. The molecule has 0 saturated heterocycles. The highest BCUT2D eigenvalue weighted by atomic mass is 16.2. The van der Waals surface area contributed by atoms with E-state index in [9.17, 15) is 4.79 Å². The first-order chi connectivity index (χ1) is 5.95. The van der Waals surface area contributed by atoms with Crippen LogP contribution in [0.1, 0.15) is 52.9 Å². The first-order valence-electron chi connectivity index (χ1n) is 4.95. The smallest absolute Gasteiger partial charge is 0.233 e. The first-order valence-corrected chi connectivity index (χ1v) is 4.95. The van der Waals surface area contributed by atoms with Crippen LogP contribution < -0.4 is 11.3 Å². The number of unbranched alkanes of at least 4 members (excludes halogenated alkanes) is 2. The fourth-order valence-corrected chi connectivity index (χ4v) is 1.19. The Balaban J connectivity index is 3.22. The van der Waals surface area contributed by atoms with Gasteiger partial charge in [-0.15, -0.1) is 0 Å². The maximum absolute atomic E-state index is 10.7. The summed E-state index contributed by atoms with van der Waals surface area (Å²) < 4.78 is 0. The fourth-order valence-electron chi connectivity index (χ4n) is 1.19. The molecule has 0 heterocycles. The van der Waals surface area contributed by atoms with E-state index < -0.39 is 0 Å². The Bertz CT molecular complexity index is 149. The molecule has 0 unspecified atom stereocenters. The minimum atomic E-state index is -0.0595. The molecule has 0 aliphatic rings. The van der Waals surface area contributed by atoms with Gasteiger partial charge in [-0.25, -0.2) is 5.84 Å². The van der Waals surface area contributed by atoms with Crippen molar-refractivity contribution in [3.05, 3.63) is 0 Å². The van der Waals surface area contributed by atoms with Gasteiger partial charge in [0.25, 0.3) is 0 Å². The van der Waals surface area contributed by atoms with Crippen molar-refractivity contribution in [3.8, 4) is 0 Å². The Morgan fingerprint density at radius 3 is 2.31 bits per heavy atom. The maximum Gasteiger partial charge on any atom is 0.233 e. The Hall–Kier alpha value is -0.570. The Morgan fingerprint density at radius 2 is 1.85 bits per heavy atom. The van der Waals surface area contributed by atoms with Crippen LogP contribution >= 0.6 is 0 Å². The molecule has 0 atom stereocenters. The van der Waals surface area contributed by atoms with Gasteiger partial charge in [0.15, 0.2) is 0 Å². The molecule has 0 aromatic carbocycles. The van der Waals surface area contributed by atoms with Crippen LogP contribution in [0.25, 0.3) is 0 Å². The van der Waals surface area contributed by atoms with E-state index in [4.69, 9.17) is 5.84 Å². The zero-order valence-corrected chi connectivity index (χ0v) is 9.02. The summed E-state index contributed by atoms with van der Waals surface area (Å²) in [4.78, 5) is 10.7. The summed E-state index contributed by atoms with van der Waals surface area (Å²) in [6, 6.07) is 0. The Morgan fingerprint density at radius 1 is 1.23 bits per heavy atom. The van der Waals surface area contributed by atoms with Crippen molar-refractivity contribution in [1.82, 2.24) is 5.43 Å². The van der Waals surface area contributed by atoms with Gasteiger partial charge in [-0.1, -0.05) is 33.6 Å². The quantitative estimate of drug-likeness (QED) is 0.298. The van der Waals surface area contributed by atoms with Crippen LogP contribution in [0.15, 0.2) is 0 Å². The van der Waals surface area contributed by atoms with E-state index in [-0.39, 0.29) is 5.91 Å². The molecule has 0 saturated carbocycles. The molecule has 0 aromatic rings. The highest BCUT2D eigenvalue weighted by molar-refractivity contribution is 5.74. The number of carbonyl (C=O) groups is 1. The Kier molecular flexibility index (Phi) is 5.71. The highest BCUT2D eigenvalue weighted by Gasteiger charge is 2.08. The molecular weight excluding hydrogens is 164 g/mol. The molecule has 3 nitrogen and oxygen atoms in total. The van der Waals surface area contributed by atoms with E-state index in [1.54, 1.807) is 0 Å². The van der Waals surface area contributed by atoms with E-state index in [1.807, 2.05) is 0 Å². The summed E-state index contributed by atoms with van der Waals surface area (Å²) >= 11 is 0. The highest BCUT2D eigenvalue weighted by Crippen LogP contribution is 2.22. The monoisotopic (exact) mass is 186 g/mol. The molecular formula is C10H22N2O. The number of hydrazine groups is 1. The maximum atomic E-state index is 10.7. The van der Waals surface area contributed by atoms with Crippen LogP contribution in [0.2, 0.25) is 0 Å². The van der Waals surface area contributed by atoms with E-state index in [0.717, 1.165) is 12.8 Å². The molecule has 3 N–H and O–H groups in total. The number of hydrogen-bond acceptors (Lipinski definition) is 2. The van der Waals surface area contributed by atoms with Crippen molar-refractivity contribution in [3.63, 3.8) is 0 Å². The van der Waals surface area contributed by atoms with Crippen LogP contribution in [-0.4, -0.2) is 5.91 Å². The molecule has 3 heteroatoms. The topological polar surface area (TPSA) is 55.1 Å². The molecule has 0 radical (unpaired) electrons. The van der Waals surface area contributed by atoms with E-state index >= 15 is 0 Å². The van der Waals surface area contributed by atoms with Crippen LogP contribution in [-0.2, 0) is 4.79 Å². The van der Waals surface area contributed by atoms with Crippen molar-refractivity contribution < 1.29 is 4.79 Å². The van der Waals surface area contributed by atoms with Gasteiger partial charge < -0.3 is 0 Å². The van der Waals surface area contributed by atoms with Gasteiger partial charge in [0, 0.05) is 6.42 Å². The van der Waals surface area contributed by atoms with E-state index in [1.165, 1.54) is 12.8 Å². The van der Waals surface area contributed by atoms with Crippen molar-refractivity contribution in [1.29, 1.82) is 0 Å². The summed E-state index contributed by atoms with van der Waals surface area (Å²) in [6.07, 6.45) is 5.03. The zero-order valence-electron chi connectivity index (χ0n) is 9.02. The lowest BCUT2D eigenvalue weighted by atomic mass is 9.89. The SMILES string of the molecule is CC(C)(C)CCCCCC(=O)NN. The second kappa shape index (κ2) is 5.97. The van der Waals surface area contributed by atoms with Crippen molar-refractivity contribution in [2.45, 2.75) is 52.9 Å². The fraction of sp³-hybridized carbons (Fsp3) is 0.900. The third-order valence-corrected chi connectivity index (χ3v) is 1.99. The summed E-state index contributed by atoms with van der Waals surface area (Å²) in [5.41, 5.74) is 2.55. The molecule has 78 valence electrons. The van der Waals surface area contributed by atoms with Gasteiger partial charge in [0.2, 0.25) is 5.91 Å². The zero-order chi connectivity index (χ0) is 10.3. The summed E-state index contributed by atoms with van der Waals surface area (Å²) in [5.74, 6) is 4.90. The molecule has 0 rings (SSSR count). The van der Waals surface area contributed by atoms with Crippen molar-refractivity contribution in [2.24, 2.45) is 11.3 Å². The molecule has 0 spiro atoms. The van der Waals surface area contributed by atoms with Gasteiger partial charge in [-0.3, -0.25) is 10.2 Å². The van der Waals surface area contributed by atoms with Crippen LogP contribution in [0.5, 0.6) is 0 Å². The molecule has 0 aromatic heterocycles. The minimum absolute atomic E-state index is 0.0595. The summed E-state index contributed by atoms with van der Waals surface area (Å²) in [6.45, 7) is 6.71. The average molecular weight is 186 g/mol. The summed E-state index contributed by atoms with van der Waals surface area (Å²) in [7, 11) is 0. The number of nitrogens with one attached hydrogen (secondary N) is 1. The minimum Gasteiger partial charge on any atom is -0.294 e. The van der Waals surface area contributed by atoms with Crippen LogP contribution in [0, 0.1) is 5.41 Å². The van der Waals surface area contributed by atoms with E-state index in [2.05, 4.69) is 26.2 Å². The van der Waals surface area contributed by atoms with Crippen LogP contribution in [0.3, 0.4) is 0 Å². The number of amides is 1. The third kappa shape index (κ3) is 9.34. The Labute approximate surface area is 81.0 Å². The van der Waals surface area contributed by atoms with Gasteiger partial charge in [0.1, 0.15) is 0 Å². The first kappa shape index (κ1) is 12.4. The van der Waals surface area contributed by atoms with E-state index in [0.29, 0.717) is 11.8 Å². The molecule has 0 aliphatic carbocycles. The molecule has 0 aliphatic heterocycles. The second-order valence-electron chi connectivity index (χ2n) is 4.69. The van der Waals surface area contributed by atoms with Gasteiger partial charge >= 0.3 is 0 Å². The summed E-state index contributed by atoms with van der Waals surface area (Å²) in [5, 5.41) is 0. The number of rotatable bonds is 5.